The average molecular weight is 280 g/mol. The van der Waals surface area contributed by atoms with E-state index >= 15 is 0 Å². The first kappa shape index (κ1) is 13.3. The van der Waals surface area contributed by atoms with Crippen LogP contribution in [0.5, 0.6) is 0 Å². The maximum atomic E-state index is 8.72. The van der Waals surface area contributed by atoms with Crippen molar-refractivity contribution in [1.82, 2.24) is 4.90 Å². The molecule has 0 bridgehead atoms. The number of rotatable bonds is 3. The van der Waals surface area contributed by atoms with Gasteiger partial charge >= 0.3 is 0 Å². The standard InChI is InChI=1S/C13H14ClN3S/c1-2-12(10-5-3-4-6-11(10)14)17-7-8-18-13(17)16-9-15/h3-6,12H,2,7-8H2,1H3. The molecule has 0 aliphatic carbocycles. The van der Waals surface area contributed by atoms with E-state index in [1.165, 1.54) is 0 Å². The summed E-state index contributed by atoms with van der Waals surface area (Å²) < 4.78 is 0. The Kier molecular flexibility index (Phi) is 4.51. The number of amidine groups is 1. The van der Waals surface area contributed by atoms with Crippen molar-refractivity contribution in [3.8, 4) is 6.19 Å². The molecule has 1 aromatic rings. The first-order valence-corrected chi connectivity index (χ1v) is 7.25. The minimum atomic E-state index is 0.195. The lowest BCUT2D eigenvalue weighted by molar-refractivity contribution is 0.337. The Bertz CT molecular complexity index is 495. The molecule has 2 rings (SSSR count). The maximum Gasteiger partial charge on any atom is 0.208 e. The minimum absolute atomic E-state index is 0.195. The van der Waals surface area contributed by atoms with Gasteiger partial charge in [-0.1, -0.05) is 48.5 Å². The van der Waals surface area contributed by atoms with Crippen LogP contribution in [0.4, 0.5) is 0 Å². The van der Waals surface area contributed by atoms with Gasteiger partial charge in [0.25, 0.3) is 0 Å². The van der Waals surface area contributed by atoms with Gasteiger partial charge in [0.2, 0.25) is 6.19 Å². The molecule has 1 aliphatic rings. The second-order valence-corrected chi connectivity index (χ2v) is 5.45. The van der Waals surface area contributed by atoms with Gasteiger partial charge in [0.05, 0.1) is 6.04 Å². The molecule has 94 valence electrons. The predicted octanol–water partition coefficient (Wildman–Crippen LogP) is 3.68. The molecule has 0 spiro atoms. The molecule has 0 saturated carbocycles. The lowest BCUT2D eigenvalue weighted by Gasteiger charge is -2.28. The third-order valence-corrected chi connectivity index (χ3v) is 4.30. The topological polar surface area (TPSA) is 39.4 Å². The summed E-state index contributed by atoms with van der Waals surface area (Å²) in [5.74, 6) is 0.974. The number of thioether (sulfide) groups is 1. The van der Waals surface area contributed by atoms with Crippen LogP contribution in [0, 0.1) is 11.5 Å². The summed E-state index contributed by atoms with van der Waals surface area (Å²) in [6.45, 7) is 3.04. The summed E-state index contributed by atoms with van der Waals surface area (Å²) in [6, 6.07) is 8.07. The smallest absolute Gasteiger partial charge is 0.208 e. The SMILES string of the molecule is CCC(c1ccccc1Cl)N1CCSC1=NC#N. The van der Waals surface area contributed by atoms with Crippen LogP contribution in [-0.2, 0) is 0 Å². The Morgan fingerprint density at radius 3 is 3.00 bits per heavy atom. The molecule has 0 aromatic heterocycles. The molecule has 1 aliphatic heterocycles. The number of benzene rings is 1. The third kappa shape index (κ3) is 2.63. The van der Waals surface area contributed by atoms with E-state index in [-0.39, 0.29) is 6.04 Å². The molecule has 18 heavy (non-hydrogen) atoms. The van der Waals surface area contributed by atoms with Gasteiger partial charge in [-0.05, 0) is 18.1 Å². The highest BCUT2D eigenvalue weighted by Crippen LogP contribution is 2.34. The lowest BCUT2D eigenvalue weighted by Crippen LogP contribution is -2.29. The number of nitrogens with zero attached hydrogens (tertiary/aromatic N) is 3. The van der Waals surface area contributed by atoms with Crippen molar-refractivity contribution in [2.75, 3.05) is 12.3 Å². The molecular formula is C13H14ClN3S. The first-order chi connectivity index (χ1) is 8.77. The predicted molar refractivity (Wildman–Crippen MR) is 76.7 cm³/mol. The van der Waals surface area contributed by atoms with Gasteiger partial charge in [0.1, 0.15) is 0 Å². The number of hydrogen-bond acceptors (Lipinski definition) is 3. The number of aliphatic imine (C=N–C) groups is 1. The Labute approximate surface area is 116 Å². The largest absolute Gasteiger partial charge is 0.343 e. The van der Waals surface area contributed by atoms with Crippen molar-refractivity contribution < 1.29 is 0 Å². The second kappa shape index (κ2) is 6.12. The van der Waals surface area contributed by atoms with Crippen molar-refractivity contribution in [3.63, 3.8) is 0 Å². The molecular weight excluding hydrogens is 266 g/mol. The van der Waals surface area contributed by atoms with E-state index in [0.717, 1.165) is 34.5 Å². The van der Waals surface area contributed by atoms with Crippen molar-refractivity contribution >= 4 is 28.5 Å². The van der Waals surface area contributed by atoms with Gasteiger partial charge in [0.15, 0.2) is 5.17 Å². The molecule has 5 heteroatoms. The molecule has 1 fully saturated rings. The summed E-state index contributed by atoms with van der Waals surface area (Å²) in [7, 11) is 0. The molecule has 1 saturated heterocycles. The van der Waals surface area contributed by atoms with Gasteiger partial charge in [-0.3, -0.25) is 0 Å². The molecule has 1 atom stereocenters. The molecule has 0 N–H and O–H groups in total. The summed E-state index contributed by atoms with van der Waals surface area (Å²) in [5.41, 5.74) is 1.11. The van der Waals surface area contributed by atoms with Crippen LogP contribution in [0.3, 0.4) is 0 Å². The number of halogens is 1. The van der Waals surface area contributed by atoms with Gasteiger partial charge in [-0.25, -0.2) is 0 Å². The van der Waals surface area contributed by atoms with E-state index < -0.39 is 0 Å². The van der Waals surface area contributed by atoms with Crippen molar-refractivity contribution in [1.29, 1.82) is 5.26 Å². The van der Waals surface area contributed by atoms with E-state index in [0.29, 0.717) is 0 Å². The maximum absolute atomic E-state index is 8.72. The zero-order valence-electron chi connectivity index (χ0n) is 10.1. The van der Waals surface area contributed by atoms with Crippen molar-refractivity contribution in [2.24, 2.45) is 4.99 Å². The van der Waals surface area contributed by atoms with Gasteiger partial charge < -0.3 is 4.90 Å². The van der Waals surface area contributed by atoms with Crippen molar-refractivity contribution in [3.05, 3.63) is 34.9 Å². The van der Waals surface area contributed by atoms with Crippen LogP contribution < -0.4 is 0 Å². The Balaban J connectivity index is 2.32. The van der Waals surface area contributed by atoms with Gasteiger partial charge in [-0.2, -0.15) is 5.26 Å². The second-order valence-electron chi connectivity index (χ2n) is 3.98. The Morgan fingerprint density at radius 2 is 2.33 bits per heavy atom. The summed E-state index contributed by atoms with van der Waals surface area (Å²) in [6.07, 6.45) is 2.82. The van der Waals surface area contributed by atoms with E-state index in [1.807, 2.05) is 30.5 Å². The van der Waals surface area contributed by atoms with Crippen LogP contribution in [-0.4, -0.2) is 22.4 Å². The summed E-state index contributed by atoms with van der Waals surface area (Å²) >= 11 is 7.89. The van der Waals surface area contributed by atoms with E-state index in [4.69, 9.17) is 16.9 Å². The van der Waals surface area contributed by atoms with Gasteiger partial charge in [0, 0.05) is 17.3 Å². The van der Waals surface area contributed by atoms with E-state index in [2.05, 4.69) is 16.8 Å². The van der Waals surface area contributed by atoms with E-state index in [9.17, 15) is 0 Å². The normalized spacial score (nSPS) is 18.9. The lowest BCUT2D eigenvalue weighted by atomic mass is 10.0. The highest BCUT2D eigenvalue weighted by Gasteiger charge is 2.28. The zero-order valence-corrected chi connectivity index (χ0v) is 11.7. The van der Waals surface area contributed by atoms with E-state index in [1.54, 1.807) is 11.8 Å². The van der Waals surface area contributed by atoms with Crippen molar-refractivity contribution in [2.45, 2.75) is 19.4 Å². The van der Waals surface area contributed by atoms with Crippen LogP contribution in [0.15, 0.2) is 29.3 Å². The molecule has 1 aromatic carbocycles. The van der Waals surface area contributed by atoms with Crippen LogP contribution in [0.1, 0.15) is 24.9 Å². The van der Waals surface area contributed by atoms with Crippen LogP contribution >= 0.6 is 23.4 Å². The molecule has 3 nitrogen and oxygen atoms in total. The Hall–Kier alpha value is -1.18. The highest BCUT2D eigenvalue weighted by atomic mass is 35.5. The molecule has 0 amide bonds. The quantitative estimate of drug-likeness (QED) is 0.793. The van der Waals surface area contributed by atoms with Gasteiger partial charge in [-0.15, -0.1) is 4.99 Å². The molecule has 1 unspecified atom stereocenters. The summed E-state index contributed by atoms with van der Waals surface area (Å²) in [4.78, 5) is 6.07. The molecule has 0 radical (unpaired) electrons. The summed E-state index contributed by atoms with van der Waals surface area (Å²) in [5, 5.41) is 10.3. The third-order valence-electron chi connectivity index (χ3n) is 2.98. The fourth-order valence-corrected chi connectivity index (χ4v) is 3.42. The van der Waals surface area contributed by atoms with Crippen LogP contribution in [0.25, 0.3) is 0 Å². The average Bonchev–Trinajstić information content (AvgIpc) is 2.82. The number of nitriles is 1. The molecule has 1 heterocycles. The Morgan fingerprint density at radius 1 is 1.56 bits per heavy atom. The van der Waals surface area contributed by atoms with Crippen LogP contribution in [0.2, 0.25) is 5.02 Å². The minimum Gasteiger partial charge on any atom is -0.343 e. The first-order valence-electron chi connectivity index (χ1n) is 5.88. The number of hydrogen-bond donors (Lipinski definition) is 0. The fourth-order valence-electron chi connectivity index (χ4n) is 2.20. The monoisotopic (exact) mass is 279 g/mol. The zero-order chi connectivity index (χ0) is 13.0. The highest BCUT2D eigenvalue weighted by molar-refractivity contribution is 8.14. The fraction of sp³-hybridized carbons (Fsp3) is 0.385.